The van der Waals surface area contributed by atoms with Crippen LogP contribution >= 0.6 is 11.9 Å². The number of benzene rings is 1. The Morgan fingerprint density at radius 2 is 2.11 bits per heavy atom. The normalized spacial score (nSPS) is 13.9. The molecule has 0 saturated carbocycles. The van der Waals surface area contributed by atoms with Crippen molar-refractivity contribution in [3.05, 3.63) is 34.4 Å². The molecule has 0 heterocycles. The number of nitro benzene ring substituents is 1. The summed E-state index contributed by atoms with van der Waals surface area (Å²) in [5.74, 6) is -1.23. The number of rotatable bonds is 6. The predicted octanol–water partition coefficient (Wildman–Crippen LogP) is 1.03. The van der Waals surface area contributed by atoms with E-state index < -0.39 is 23.0 Å². The van der Waals surface area contributed by atoms with E-state index >= 15 is 0 Å². The highest BCUT2D eigenvalue weighted by atomic mass is 32.2. The smallest absolute Gasteiger partial charge is 0.324 e. The molecule has 0 aliphatic rings. The molecule has 0 radical (unpaired) electrons. The summed E-state index contributed by atoms with van der Waals surface area (Å²) < 4.78 is 2.49. The van der Waals surface area contributed by atoms with Gasteiger partial charge in [-0.3, -0.25) is 14.9 Å². The summed E-state index contributed by atoms with van der Waals surface area (Å²) in [5.41, 5.74) is -0.121. The van der Waals surface area contributed by atoms with Crippen molar-refractivity contribution in [1.82, 2.24) is 4.72 Å². The van der Waals surface area contributed by atoms with Gasteiger partial charge in [-0.1, -0.05) is 12.1 Å². The summed E-state index contributed by atoms with van der Waals surface area (Å²) >= 11 is 0.808. The van der Waals surface area contributed by atoms with Crippen LogP contribution in [0.15, 0.2) is 29.2 Å². The zero-order valence-corrected chi connectivity index (χ0v) is 10.3. The van der Waals surface area contributed by atoms with Crippen molar-refractivity contribution in [3.8, 4) is 0 Å². The van der Waals surface area contributed by atoms with Crippen molar-refractivity contribution < 1.29 is 19.9 Å². The Hall–Kier alpha value is -1.64. The molecule has 0 unspecified atom stereocenters. The van der Waals surface area contributed by atoms with Crippen molar-refractivity contribution in [2.45, 2.75) is 24.0 Å². The Balaban J connectivity index is 2.79. The zero-order chi connectivity index (χ0) is 13.7. The maximum absolute atomic E-state index is 10.8. The quantitative estimate of drug-likeness (QED) is 0.402. The van der Waals surface area contributed by atoms with E-state index in [4.69, 9.17) is 5.11 Å². The van der Waals surface area contributed by atoms with Crippen LogP contribution in [0.5, 0.6) is 0 Å². The van der Waals surface area contributed by atoms with Gasteiger partial charge in [-0.15, -0.1) is 0 Å². The topological polar surface area (TPSA) is 113 Å². The van der Waals surface area contributed by atoms with Gasteiger partial charge in [-0.05, 0) is 24.9 Å². The summed E-state index contributed by atoms with van der Waals surface area (Å²) in [5, 5.41) is 28.8. The third-order valence-corrected chi connectivity index (χ3v) is 3.04. The monoisotopic (exact) mass is 272 g/mol. The summed E-state index contributed by atoms with van der Waals surface area (Å²) in [6, 6.07) is 4.74. The lowest BCUT2D eigenvalue weighted by Gasteiger charge is -2.15. The van der Waals surface area contributed by atoms with Crippen LogP contribution in [0.25, 0.3) is 0 Å². The maximum Gasteiger partial charge on any atom is 0.324 e. The minimum absolute atomic E-state index is 0.121. The summed E-state index contributed by atoms with van der Waals surface area (Å²) in [6.07, 6.45) is -1.11. The average molecular weight is 272 g/mol. The number of aliphatic hydroxyl groups is 1. The molecule has 0 spiro atoms. The van der Waals surface area contributed by atoms with Crippen LogP contribution < -0.4 is 4.72 Å². The van der Waals surface area contributed by atoms with Gasteiger partial charge in [-0.2, -0.15) is 0 Å². The van der Waals surface area contributed by atoms with Crippen molar-refractivity contribution >= 4 is 23.6 Å². The van der Waals surface area contributed by atoms with E-state index in [9.17, 15) is 20.0 Å². The SMILES string of the molecule is C[C@H](O)[C@@H](NSc1ccccc1[N+](=O)[O-])C(=O)O. The molecule has 7 nitrogen and oxygen atoms in total. The molecule has 1 aromatic rings. The number of para-hydroxylation sites is 1. The van der Waals surface area contributed by atoms with Crippen LogP contribution in [0, 0.1) is 10.1 Å². The van der Waals surface area contributed by atoms with Gasteiger partial charge < -0.3 is 10.2 Å². The second-order valence-electron chi connectivity index (χ2n) is 3.50. The Morgan fingerprint density at radius 1 is 1.50 bits per heavy atom. The number of nitrogens with zero attached hydrogens (tertiary/aromatic N) is 1. The van der Waals surface area contributed by atoms with Crippen molar-refractivity contribution in [1.29, 1.82) is 0 Å². The molecule has 18 heavy (non-hydrogen) atoms. The molecule has 1 rings (SSSR count). The Morgan fingerprint density at radius 3 is 2.61 bits per heavy atom. The molecule has 0 aliphatic heterocycles. The number of carbonyl (C=O) groups is 1. The Labute approximate surface area is 107 Å². The molecular weight excluding hydrogens is 260 g/mol. The fraction of sp³-hybridized carbons (Fsp3) is 0.300. The van der Waals surface area contributed by atoms with E-state index in [-0.39, 0.29) is 10.6 Å². The van der Waals surface area contributed by atoms with Crippen molar-refractivity contribution in [3.63, 3.8) is 0 Å². The van der Waals surface area contributed by atoms with E-state index in [1.165, 1.54) is 25.1 Å². The lowest BCUT2D eigenvalue weighted by atomic mass is 10.2. The van der Waals surface area contributed by atoms with E-state index in [1.54, 1.807) is 6.07 Å². The number of carboxylic acid groups (broad SMARTS) is 1. The van der Waals surface area contributed by atoms with Gasteiger partial charge in [0.25, 0.3) is 5.69 Å². The average Bonchev–Trinajstić information content (AvgIpc) is 2.28. The molecular formula is C10H12N2O5S. The van der Waals surface area contributed by atoms with Gasteiger partial charge in [-0.25, -0.2) is 4.72 Å². The first kappa shape index (κ1) is 14.4. The minimum Gasteiger partial charge on any atom is -0.480 e. The minimum atomic E-state index is -1.23. The predicted molar refractivity (Wildman–Crippen MR) is 65.2 cm³/mol. The second kappa shape index (κ2) is 6.34. The highest BCUT2D eigenvalue weighted by Gasteiger charge is 2.24. The Kier molecular flexibility index (Phi) is 5.08. The third-order valence-electron chi connectivity index (χ3n) is 2.11. The van der Waals surface area contributed by atoms with E-state index in [1.807, 2.05) is 0 Å². The fourth-order valence-corrected chi connectivity index (χ4v) is 2.12. The third kappa shape index (κ3) is 3.69. The van der Waals surface area contributed by atoms with Gasteiger partial charge in [0, 0.05) is 6.07 Å². The molecule has 0 aliphatic carbocycles. The number of hydrogen-bond donors (Lipinski definition) is 3. The van der Waals surface area contributed by atoms with Crippen molar-refractivity contribution in [2.75, 3.05) is 0 Å². The zero-order valence-electron chi connectivity index (χ0n) is 9.44. The molecule has 2 atom stereocenters. The van der Waals surface area contributed by atoms with Crippen LogP contribution in [0.4, 0.5) is 5.69 Å². The van der Waals surface area contributed by atoms with Crippen molar-refractivity contribution in [2.24, 2.45) is 0 Å². The number of aliphatic carboxylic acids is 1. The van der Waals surface area contributed by atoms with E-state index in [0.29, 0.717) is 0 Å². The second-order valence-corrected chi connectivity index (χ2v) is 4.38. The molecule has 8 heteroatoms. The summed E-state index contributed by atoms with van der Waals surface area (Å²) in [6.45, 7) is 1.33. The number of nitrogens with one attached hydrogen (secondary N) is 1. The maximum atomic E-state index is 10.8. The molecule has 0 aromatic heterocycles. The fourth-order valence-electron chi connectivity index (χ4n) is 1.18. The number of carboxylic acids is 1. The van der Waals surface area contributed by atoms with Crippen LogP contribution in [0.3, 0.4) is 0 Å². The molecule has 98 valence electrons. The molecule has 3 N–H and O–H groups in total. The van der Waals surface area contributed by atoms with Crippen LogP contribution in [0.1, 0.15) is 6.92 Å². The first-order valence-corrected chi connectivity index (χ1v) is 5.81. The van der Waals surface area contributed by atoms with Gasteiger partial charge in [0.15, 0.2) is 0 Å². The number of hydrogen-bond acceptors (Lipinski definition) is 6. The first-order chi connectivity index (χ1) is 8.43. The van der Waals surface area contributed by atoms with Gasteiger partial charge >= 0.3 is 5.97 Å². The first-order valence-electron chi connectivity index (χ1n) is 5.00. The molecule has 0 fully saturated rings. The molecule has 0 bridgehead atoms. The van der Waals surface area contributed by atoms with Gasteiger partial charge in [0.2, 0.25) is 0 Å². The lowest BCUT2D eigenvalue weighted by Crippen LogP contribution is -2.41. The highest BCUT2D eigenvalue weighted by molar-refractivity contribution is 7.97. The van der Waals surface area contributed by atoms with E-state index in [2.05, 4.69) is 4.72 Å². The molecule has 0 amide bonds. The van der Waals surface area contributed by atoms with Gasteiger partial charge in [0.05, 0.1) is 11.0 Å². The highest BCUT2D eigenvalue weighted by Crippen LogP contribution is 2.27. The lowest BCUT2D eigenvalue weighted by molar-refractivity contribution is -0.387. The van der Waals surface area contributed by atoms with Gasteiger partial charge in [0.1, 0.15) is 10.9 Å². The molecule has 1 aromatic carbocycles. The van der Waals surface area contributed by atoms with Crippen LogP contribution in [-0.4, -0.2) is 33.3 Å². The summed E-state index contributed by atoms with van der Waals surface area (Å²) in [4.78, 5) is 21.3. The van der Waals surface area contributed by atoms with E-state index in [0.717, 1.165) is 11.9 Å². The summed E-state index contributed by atoms with van der Waals surface area (Å²) in [7, 11) is 0. The van der Waals surface area contributed by atoms with Crippen LogP contribution in [-0.2, 0) is 4.79 Å². The molecule has 0 saturated heterocycles. The number of nitro groups is 1. The largest absolute Gasteiger partial charge is 0.480 e. The van der Waals surface area contributed by atoms with Crippen LogP contribution in [0.2, 0.25) is 0 Å². The standard InChI is InChI=1S/C10H12N2O5S/c1-6(13)9(10(14)15)11-18-8-5-3-2-4-7(8)12(16)17/h2-6,9,11,13H,1H3,(H,14,15)/t6-,9+/m0/s1. The number of aliphatic hydroxyl groups excluding tert-OH is 1. The Bertz CT molecular complexity index is 452.